The molecule has 1 rings (SSSR count). The van der Waals surface area contributed by atoms with Crippen molar-refractivity contribution in [3.05, 3.63) is 17.7 Å². The van der Waals surface area contributed by atoms with Gasteiger partial charge in [-0.15, -0.1) is 0 Å². The van der Waals surface area contributed by atoms with Crippen LogP contribution in [0.2, 0.25) is 0 Å². The van der Waals surface area contributed by atoms with Gasteiger partial charge in [0.05, 0.1) is 14.2 Å². The molecule has 106 valence electrons. The van der Waals surface area contributed by atoms with E-state index >= 15 is 0 Å². The first-order valence-electron chi connectivity index (χ1n) is 6.61. The van der Waals surface area contributed by atoms with Gasteiger partial charge in [0, 0.05) is 24.1 Å². The molecule has 0 bridgehead atoms. The van der Waals surface area contributed by atoms with Crippen LogP contribution >= 0.6 is 0 Å². The Morgan fingerprint density at radius 3 is 2.11 bits per heavy atom. The van der Waals surface area contributed by atoms with Crippen molar-refractivity contribution >= 4 is 5.97 Å². The van der Waals surface area contributed by atoms with Crippen LogP contribution in [0, 0.1) is 0 Å². The van der Waals surface area contributed by atoms with Crippen molar-refractivity contribution in [2.24, 2.45) is 0 Å². The molecule has 0 atom stereocenters. The Bertz CT molecular complexity index is 401. The molecule has 0 spiro atoms. The normalized spacial score (nSPS) is 10.1. The lowest BCUT2D eigenvalue weighted by Crippen LogP contribution is -2.06. The third kappa shape index (κ3) is 4.16. The van der Waals surface area contributed by atoms with Crippen molar-refractivity contribution in [1.82, 2.24) is 0 Å². The Kier molecular flexibility index (Phi) is 6.19. The van der Waals surface area contributed by atoms with E-state index in [1.807, 2.05) is 0 Å². The monoisotopic (exact) mass is 266 g/mol. The van der Waals surface area contributed by atoms with Crippen molar-refractivity contribution in [3.63, 3.8) is 0 Å². The largest absolute Gasteiger partial charge is 0.496 e. The highest BCUT2D eigenvalue weighted by Crippen LogP contribution is 2.35. The third-order valence-corrected chi connectivity index (χ3v) is 2.88. The van der Waals surface area contributed by atoms with Crippen LogP contribution in [0.5, 0.6) is 17.2 Å². The highest BCUT2D eigenvalue weighted by molar-refractivity contribution is 5.72. The number of hydrogen-bond acceptors (Lipinski definition) is 4. The number of ether oxygens (including phenoxy) is 3. The Morgan fingerprint density at radius 1 is 1.11 bits per heavy atom. The number of esters is 1. The van der Waals surface area contributed by atoms with Crippen LogP contribution in [0.1, 0.15) is 38.7 Å². The number of unbranched alkanes of at least 4 members (excludes halogenated alkanes) is 1. The summed E-state index contributed by atoms with van der Waals surface area (Å²) < 4.78 is 15.9. The van der Waals surface area contributed by atoms with Crippen LogP contribution in [-0.4, -0.2) is 20.2 Å². The first kappa shape index (κ1) is 15.3. The quantitative estimate of drug-likeness (QED) is 0.560. The maximum absolute atomic E-state index is 11.3. The summed E-state index contributed by atoms with van der Waals surface area (Å²) in [5.74, 6) is 1.59. The zero-order valence-electron chi connectivity index (χ0n) is 12.1. The van der Waals surface area contributed by atoms with Gasteiger partial charge in [0.25, 0.3) is 0 Å². The molecule has 19 heavy (non-hydrogen) atoms. The van der Waals surface area contributed by atoms with Gasteiger partial charge in [-0.25, -0.2) is 0 Å². The average molecular weight is 266 g/mol. The van der Waals surface area contributed by atoms with Crippen molar-refractivity contribution in [2.45, 2.75) is 39.5 Å². The summed E-state index contributed by atoms with van der Waals surface area (Å²) in [4.78, 5) is 11.3. The number of hydrogen-bond donors (Lipinski definition) is 0. The van der Waals surface area contributed by atoms with Crippen LogP contribution in [-0.2, 0) is 11.2 Å². The minimum atomic E-state index is -0.273. The summed E-state index contributed by atoms with van der Waals surface area (Å²) >= 11 is 0. The van der Waals surface area contributed by atoms with Crippen LogP contribution in [0.3, 0.4) is 0 Å². The van der Waals surface area contributed by atoms with E-state index in [9.17, 15) is 4.79 Å². The smallest absolute Gasteiger partial charge is 0.310 e. The first-order valence-corrected chi connectivity index (χ1v) is 6.61. The summed E-state index contributed by atoms with van der Waals surface area (Å²) in [7, 11) is 3.21. The number of carbonyl (C=O) groups excluding carboxylic acids is 1. The van der Waals surface area contributed by atoms with Crippen molar-refractivity contribution < 1.29 is 19.0 Å². The topological polar surface area (TPSA) is 44.8 Å². The van der Waals surface area contributed by atoms with E-state index in [-0.39, 0.29) is 5.97 Å². The standard InChI is InChI=1S/C15H22O4/c1-5-7-8-12-13(17-3)9-11(10-14(12)18-4)19-15(16)6-2/h9-10H,5-8H2,1-4H3. The second kappa shape index (κ2) is 7.67. The molecule has 0 aromatic heterocycles. The molecule has 0 N–H and O–H groups in total. The predicted octanol–water partition coefficient (Wildman–Crippen LogP) is 3.36. The SMILES string of the molecule is CCCCc1c(OC)cc(OC(=O)CC)cc1OC. The Hall–Kier alpha value is -1.71. The van der Waals surface area contributed by atoms with Crippen LogP contribution < -0.4 is 14.2 Å². The summed E-state index contributed by atoms with van der Waals surface area (Å²) in [5.41, 5.74) is 1.02. The Labute approximate surface area is 114 Å². The van der Waals surface area contributed by atoms with Crippen molar-refractivity contribution in [2.75, 3.05) is 14.2 Å². The summed E-state index contributed by atoms with van der Waals surface area (Å²) in [6.07, 6.45) is 3.37. The molecule has 1 aromatic carbocycles. The molecule has 0 heterocycles. The van der Waals surface area contributed by atoms with Gasteiger partial charge < -0.3 is 14.2 Å². The van der Waals surface area contributed by atoms with E-state index in [1.54, 1.807) is 33.3 Å². The maximum atomic E-state index is 11.3. The third-order valence-electron chi connectivity index (χ3n) is 2.88. The van der Waals surface area contributed by atoms with Crippen LogP contribution in [0.25, 0.3) is 0 Å². The van der Waals surface area contributed by atoms with E-state index in [4.69, 9.17) is 14.2 Å². The fourth-order valence-electron chi connectivity index (χ4n) is 1.82. The van der Waals surface area contributed by atoms with Crippen molar-refractivity contribution in [1.29, 1.82) is 0 Å². The second-order valence-corrected chi connectivity index (χ2v) is 4.24. The minimum absolute atomic E-state index is 0.273. The number of methoxy groups -OCH3 is 2. The first-order chi connectivity index (χ1) is 9.15. The molecule has 4 heteroatoms. The van der Waals surface area contributed by atoms with Gasteiger partial charge in [-0.3, -0.25) is 4.79 Å². The van der Waals surface area contributed by atoms with Crippen LogP contribution in [0.15, 0.2) is 12.1 Å². The molecule has 0 radical (unpaired) electrons. The molecule has 0 saturated carbocycles. The number of carbonyl (C=O) groups is 1. The molecular weight excluding hydrogens is 244 g/mol. The second-order valence-electron chi connectivity index (χ2n) is 4.24. The Morgan fingerprint density at radius 2 is 1.68 bits per heavy atom. The minimum Gasteiger partial charge on any atom is -0.496 e. The highest BCUT2D eigenvalue weighted by atomic mass is 16.5. The lowest BCUT2D eigenvalue weighted by atomic mass is 10.1. The van der Waals surface area contributed by atoms with Gasteiger partial charge in [0.2, 0.25) is 0 Å². The molecule has 0 aliphatic rings. The fourth-order valence-corrected chi connectivity index (χ4v) is 1.82. The molecule has 1 aromatic rings. The summed E-state index contributed by atoms with van der Waals surface area (Å²) in [6.45, 7) is 3.89. The van der Waals surface area contributed by atoms with E-state index < -0.39 is 0 Å². The zero-order chi connectivity index (χ0) is 14.3. The Balaban J connectivity index is 3.08. The van der Waals surface area contributed by atoms with E-state index in [0.717, 1.165) is 24.8 Å². The molecule has 0 amide bonds. The molecule has 0 unspecified atom stereocenters. The van der Waals surface area contributed by atoms with Crippen molar-refractivity contribution in [3.8, 4) is 17.2 Å². The average Bonchev–Trinajstić information content (AvgIpc) is 2.44. The molecule has 0 saturated heterocycles. The predicted molar refractivity (Wildman–Crippen MR) is 74.1 cm³/mol. The van der Waals surface area contributed by atoms with Gasteiger partial charge in [-0.1, -0.05) is 20.3 Å². The molecule has 4 nitrogen and oxygen atoms in total. The van der Waals surface area contributed by atoms with E-state index in [2.05, 4.69) is 6.92 Å². The van der Waals surface area contributed by atoms with Gasteiger partial charge in [0.15, 0.2) is 0 Å². The number of benzene rings is 1. The maximum Gasteiger partial charge on any atom is 0.310 e. The fraction of sp³-hybridized carbons (Fsp3) is 0.533. The highest BCUT2D eigenvalue weighted by Gasteiger charge is 2.14. The zero-order valence-corrected chi connectivity index (χ0v) is 12.1. The van der Waals surface area contributed by atoms with E-state index in [0.29, 0.717) is 23.7 Å². The van der Waals surface area contributed by atoms with Gasteiger partial charge in [0.1, 0.15) is 17.2 Å². The molecule has 0 aliphatic carbocycles. The molecule has 0 aliphatic heterocycles. The van der Waals surface area contributed by atoms with E-state index in [1.165, 1.54) is 0 Å². The lowest BCUT2D eigenvalue weighted by molar-refractivity contribution is -0.134. The van der Waals surface area contributed by atoms with Gasteiger partial charge in [-0.05, 0) is 12.8 Å². The number of rotatable bonds is 7. The van der Waals surface area contributed by atoms with Gasteiger partial charge >= 0.3 is 5.97 Å². The van der Waals surface area contributed by atoms with Crippen LogP contribution in [0.4, 0.5) is 0 Å². The summed E-state index contributed by atoms with van der Waals surface area (Å²) in [6, 6.07) is 3.47. The molecule has 0 fully saturated rings. The lowest BCUT2D eigenvalue weighted by Gasteiger charge is -2.15. The van der Waals surface area contributed by atoms with Gasteiger partial charge in [-0.2, -0.15) is 0 Å². The summed E-state index contributed by atoms with van der Waals surface area (Å²) in [5, 5.41) is 0. The molecular formula is C15H22O4.